The quantitative estimate of drug-likeness (QED) is 0.822. The summed E-state index contributed by atoms with van der Waals surface area (Å²) in [5.74, 6) is 0.768. The third-order valence-electron chi connectivity index (χ3n) is 4.70. The number of carbonyl (C=O) groups excluding carboxylic acids is 1. The molecule has 1 saturated carbocycles. The second kappa shape index (κ2) is 5.60. The summed E-state index contributed by atoms with van der Waals surface area (Å²) in [6.07, 6.45) is 7.59. The molecule has 1 aliphatic carbocycles. The van der Waals surface area contributed by atoms with E-state index in [1.165, 1.54) is 12.8 Å². The lowest BCUT2D eigenvalue weighted by Gasteiger charge is -2.39. The summed E-state index contributed by atoms with van der Waals surface area (Å²) >= 11 is 0. The second-order valence-corrected chi connectivity index (χ2v) is 6.54. The van der Waals surface area contributed by atoms with Gasteiger partial charge in [-0.15, -0.1) is 0 Å². The number of hydrogen-bond acceptors (Lipinski definition) is 2. The number of amides is 1. The van der Waals surface area contributed by atoms with Gasteiger partial charge < -0.3 is 10.0 Å². The van der Waals surface area contributed by atoms with Gasteiger partial charge in [0.05, 0.1) is 12.0 Å². The fourth-order valence-corrected chi connectivity index (χ4v) is 3.41. The van der Waals surface area contributed by atoms with Crippen molar-refractivity contribution in [1.29, 1.82) is 0 Å². The number of hydrogen-bond donors (Lipinski definition) is 1. The van der Waals surface area contributed by atoms with Crippen LogP contribution in [0.1, 0.15) is 65.2 Å². The van der Waals surface area contributed by atoms with Gasteiger partial charge in [-0.05, 0) is 38.5 Å². The highest BCUT2D eigenvalue weighted by Gasteiger charge is 2.35. The van der Waals surface area contributed by atoms with Crippen LogP contribution in [0.2, 0.25) is 0 Å². The highest BCUT2D eigenvalue weighted by molar-refractivity contribution is 5.77. The van der Waals surface area contributed by atoms with Crippen LogP contribution in [-0.4, -0.2) is 34.1 Å². The molecule has 3 heteroatoms. The maximum atomic E-state index is 12.4. The van der Waals surface area contributed by atoms with Crippen LogP contribution in [-0.2, 0) is 4.79 Å². The fraction of sp³-hybridized carbons (Fsp3) is 0.933. The number of likely N-dealkylation sites (tertiary alicyclic amines) is 1. The van der Waals surface area contributed by atoms with Gasteiger partial charge in [-0.1, -0.05) is 26.2 Å². The van der Waals surface area contributed by atoms with E-state index < -0.39 is 5.60 Å². The van der Waals surface area contributed by atoms with Gasteiger partial charge in [0.15, 0.2) is 0 Å². The Morgan fingerprint density at radius 3 is 2.56 bits per heavy atom. The Hall–Kier alpha value is -0.570. The lowest BCUT2D eigenvalue weighted by Crippen LogP contribution is -2.48. The van der Waals surface area contributed by atoms with E-state index in [2.05, 4.69) is 13.8 Å². The fourth-order valence-electron chi connectivity index (χ4n) is 3.41. The summed E-state index contributed by atoms with van der Waals surface area (Å²) < 4.78 is 0. The average molecular weight is 253 g/mol. The van der Waals surface area contributed by atoms with E-state index in [1.807, 2.05) is 4.90 Å². The zero-order valence-corrected chi connectivity index (χ0v) is 11.8. The predicted molar refractivity (Wildman–Crippen MR) is 72.2 cm³/mol. The first-order valence-corrected chi connectivity index (χ1v) is 7.52. The molecule has 0 radical (unpaired) electrons. The van der Waals surface area contributed by atoms with Crippen molar-refractivity contribution in [3.05, 3.63) is 0 Å². The Balaban J connectivity index is 1.93. The molecular formula is C15H27NO2. The van der Waals surface area contributed by atoms with Crippen LogP contribution in [0.4, 0.5) is 0 Å². The van der Waals surface area contributed by atoms with Crippen LogP contribution in [0.25, 0.3) is 0 Å². The molecule has 2 unspecified atom stereocenters. The summed E-state index contributed by atoms with van der Waals surface area (Å²) in [6.45, 7) is 5.21. The highest BCUT2D eigenvalue weighted by Crippen LogP contribution is 2.32. The second-order valence-electron chi connectivity index (χ2n) is 6.54. The number of piperidine rings is 1. The number of rotatable bonds is 2. The molecule has 1 N–H and O–H groups in total. The van der Waals surface area contributed by atoms with E-state index in [4.69, 9.17) is 0 Å². The molecule has 2 rings (SSSR count). The van der Waals surface area contributed by atoms with Crippen LogP contribution in [0, 0.1) is 5.92 Å². The average Bonchev–Trinajstić information content (AvgIpc) is 2.32. The smallest absolute Gasteiger partial charge is 0.225 e. The van der Waals surface area contributed by atoms with Gasteiger partial charge in [-0.3, -0.25) is 4.79 Å². The van der Waals surface area contributed by atoms with Gasteiger partial charge >= 0.3 is 0 Å². The first kappa shape index (κ1) is 13.9. The monoisotopic (exact) mass is 253 g/mol. The lowest BCUT2D eigenvalue weighted by molar-refractivity contribution is -0.142. The summed E-state index contributed by atoms with van der Waals surface area (Å²) in [4.78, 5) is 14.4. The summed E-state index contributed by atoms with van der Waals surface area (Å²) in [5.41, 5.74) is -0.713. The first-order valence-electron chi connectivity index (χ1n) is 7.52. The van der Waals surface area contributed by atoms with Crippen molar-refractivity contribution in [3.8, 4) is 0 Å². The molecule has 1 heterocycles. The molecule has 0 aromatic rings. The zero-order chi connectivity index (χ0) is 13.2. The molecule has 18 heavy (non-hydrogen) atoms. The van der Waals surface area contributed by atoms with Gasteiger partial charge in [0.25, 0.3) is 0 Å². The van der Waals surface area contributed by atoms with Gasteiger partial charge in [0.1, 0.15) is 0 Å². The van der Waals surface area contributed by atoms with Crippen LogP contribution in [0.3, 0.4) is 0 Å². The summed E-state index contributed by atoms with van der Waals surface area (Å²) in [6, 6.07) is 0.348. The Bertz CT molecular complexity index is 297. The maximum Gasteiger partial charge on any atom is 0.225 e. The Morgan fingerprint density at radius 1 is 1.22 bits per heavy atom. The van der Waals surface area contributed by atoms with Crippen LogP contribution < -0.4 is 0 Å². The highest BCUT2D eigenvalue weighted by atomic mass is 16.3. The van der Waals surface area contributed by atoms with E-state index in [0.717, 1.165) is 38.6 Å². The summed E-state index contributed by atoms with van der Waals surface area (Å²) in [7, 11) is 0. The predicted octanol–water partition coefficient (Wildman–Crippen LogP) is 2.72. The normalized spacial score (nSPS) is 32.3. The number of nitrogens with zero attached hydrogens (tertiary/aromatic N) is 1. The van der Waals surface area contributed by atoms with Crippen molar-refractivity contribution < 1.29 is 9.90 Å². The molecule has 2 atom stereocenters. The molecule has 0 aromatic carbocycles. The van der Waals surface area contributed by atoms with E-state index >= 15 is 0 Å². The van der Waals surface area contributed by atoms with Crippen LogP contribution in [0.15, 0.2) is 0 Å². The third-order valence-corrected chi connectivity index (χ3v) is 4.70. The molecule has 2 fully saturated rings. The molecule has 0 spiro atoms. The Morgan fingerprint density at radius 2 is 1.89 bits per heavy atom. The third kappa shape index (κ3) is 3.25. The SMILES string of the molecule is CC1CCC(C)N(C(=O)CC2(O)CCCCC2)C1. The maximum absolute atomic E-state index is 12.4. The molecule has 1 saturated heterocycles. The molecular weight excluding hydrogens is 226 g/mol. The van der Waals surface area contributed by atoms with E-state index in [-0.39, 0.29) is 5.91 Å². The molecule has 0 aromatic heterocycles. The lowest BCUT2D eigenvalue weighted by atomic mass is 9.82. The van der Waals surface area contributed by atoms with E-state index in [0.29, 0.717) is 18.4 Å². The standard InChI is InChI=1S/C15H27NO2/c1-12-6-7-13(2)16(11-12)14(17)10-15(18)8-4-3-5-9-15/h12-13,18H,3-11H2,1-2H3. The Labute approximate surface area is 111 Å². The Kier molecular flexibility index (Phi) is 4.31. The van der Waals surface area contributed by atoms with E-state index in [1.54, 1.807) is 0 Å². The van der Waals surface area contributed by atoms with E-state index in [9.17, 15) is 9.90 Å². The molecule has 1 aliphatic heterocycles. The molecule has 3 nitrogen and oxygen atoms in total. The topological polar surface area (TPSA) is 40.5 Å². The zero-order valence-electron chi connectivity index (χ0n) is 11.8. The number of aliphatic hydroxyl groups is 1. The minimum atomic E-state index is -0.713. The molecule has 1 amide bonds. The molecule has 2 aliphatic rings. The number of carbonyl (C=O) groups is 1. The summed E-state index contributed by atoms with van der Waals surface area (Å²) in [5, 5.41) is 10.5. The minimum Gasteiger partial charge on any atom is -0.389 e. The van der Waals surface area contributed by atoms with Gasteiger partial charge in [-0.2, -0.15) is 0 Å². The molecule has 0 bridgehead atoms. The van der Waals surface area contributed by atoms with Gasteiger partial charge in [0, 0.05) is 12.6 Å². The van der Waals surface area contributed by atoms with Crippen LogP contribution >= 0.6 is 0 Å². The minimum absolute atomic E-state index is 0.165. The van der Waals surface area contributed by atoms with Crippen molar-refractivity contribution in [2.45, 2.75) is 76.9 Å². The van der Waals surface area contributed by atoms with Crippen molar-refractivity contribution in [2.75, 3.05) is 6.54 Å². The van der Waals surface area contributed by atoms with Gasteiger partial charge in [-0.25, -0.2) is 0 Å². The van der Waals surface area contributed by atoms with Crippen molar-refractivity contribution in [1.82, 2.24) is 4.90 Å². The largest absolute Gasteiger partial charge is 0.389 e. The van der Waals surface area contributed by atoms with Gasteiger partial charge in [0.2, 0.25) is 5.91 Å². The van der Waals surface area contributed by atoms with Crippen molar-refractivity contribution >= 4 is 5.91 Å². The van der Waals surface area contributed by atoms with Crippen molar-refractivity contribution in [2.24, 2.45) is 5.92 Å². The van der Waals surface area contributed by atoms with Crippen LogP contribution in [0.5, 0.6) is 0 Å². The molecule has 104 valence electrons. The first-order chi connectivity index (χ1) is 8.50. The van der Waals surface area contributed by atoms with Crippen molar-refractivity contribution in [3.63, 3.8) is 0 Å².